The number of nitrogen functional groups attached to an aromatic ring is 1. The molecule has 0 radical (unpaired) electrons. The first-order valence-electron chi connectivity index (χ1n) is 12.1. The van der Waals surface area contributed by atoms with E-state index in [0.717, 1.165) is 6.20 Å². The SMILES string of the molecule is COc1ccc(CS(=O)(=O)c2cnc(C(=O)NNC(=O)CO[Si](C(C)C)(C(C)C)C(C)C)c(N)c2)cc1. The molecule has 0 aliphatic carbocycles. The van der Waals surface area contributed by atoms with Crippen LogP contribution in [-0.4, -0.2) is 47.3 Å². The molecule has 204 valence electrons. The number of pyridine rings is 1. The van der Waals surface area contributed by atoms with Gasteiger partial charge < -0.3 is 14.9 Å². The lowest BCUT2D eigenvalue weighted by atomic mass is 10.2. The van der Waals surface area contributed by atoms with Crippen molar-refractivity contribution in [3.63, 3.8) is 0 Å². The maximum absolute atomic E-state index is 12.8. The zero-order chi connectivity index (χ0) is 28.0. The molecule has 0 atom stereocenters. The number of nitrogens with zero attached hydrogens (tertiary/aromatic N) is 1. The van der Waals surface area contributed by atoms with Gasteiger partial charge in [-0.2, -0.15) is 0 Å². The van der Waals surface area contributed by atoms with Crippen LogP contribution in [0.25, 0.3) is 0 Å². The molecule has 4 N–H and O–H groups in total. The number of hydrogen-bond acceptors (Lipinski definition) is 8. The lowest BCUT2D eigenvalue weighted by molar-refractivity contribution is -0.124. The number of hydrazine groups is 1. The minimum absolute atomic E-state index is 0.118. The molecule has 0 aliphatic rings. The fraction of sp³-hybridized carbons (Fsp3) is 0.480. The number of anilines is 1. The Hall–Kier alpha value is -2.96. The summed E-state index contributed by atoms with van der Waals surface area (Å²) in [6.45, 7) is 12.5. The van der Waals surface area contributed by atoms with Crippen molar-refractivity contribution >= 4 is 35.7 Å². The number of carbonyl (C=O) groups excluding carboxylic acids is 2. The zero-order valence-corrected chi connectivity index (χ0v) is 24.3. The van der Waals surface area contributed by atoms with Crippen LogP contribution >= 0.6 is 0 Å². The van der Waals surface area contributed by atoms with E-state index in [-0.39, 0.29) is 28.6 Å². The van der Waals surface area contributed by atoms with Gasteiger partial charge in [-0.1, -0.05) is 53.7 Å². The lowest BCUT2D eigenvalue weighted by Crippen LogP contribution is -2.51. The first kappa shape index (κ1) is 30.3. The van der Waals surface area contributed by atoms with Crippen LogP contribution in [-0.2, 0) is 24.8 Å². The number of sulfone groups is 1. The first-order chi connectivity index (χ1) is 17.2. The number of methoxy groups -OCH3 is 1. The average Bonchev–Trinajstić information content (AvgIpc) is 2.82. The van der Waals surface area contributed by atoms with Gasteiger partial charge in [0.2, 0.25) is 8.32 Å². The summed E-state index contributed by atoms with van der Waals surface area (Å²) in [5.74, 6) is -0.940. The van der Waals surface area contributed by atoms with Gasteiger partial charge in [-0.15, -0.1) is 0 Å². The third-order valence-electron chi connectivity index (χ3n) is 6.46. The number of aromatic nitrogens is 1. The summed E-state index contributed by atoms with van der Waals surface area (Å²) in [7, 11) is -4.49. The standard InChI is InChI=1S/C25H38N4O6SSi/c1-16(2)37(17(3)4,18(5)6)35-14-23(30)28-29-25(31)24-22(26)12-21(13-27-24)36(32,33)15-19-8-10-20(34-7)11-9-19/h8-13,16-18H,14-15,26H2,1-7H3,(H,28,30)(H,29,31). The molecule has 1 aromatic heterocycles. The molecule has 0 saturated heterocycles. The Morgan fingerprint density at radius 3 is 2.05 bits per heavy atom. The van der Waals surface area contributed by atoms with Crippen molar-refractivity contribution in [1.29, 1.82) is 0 Å². The van der Waals surface area contributed by atoms with E-state index in [1.807, 2.05) is 0 Å². The fourth-order valence-electron chi connectivity index (χ4n) is 4.76. The summed E-state index contributed by atoms with van der Waals surface area (Å²) < 4.78 is 36.9. The fourth-order valence-corrected chi connectivity index (χ4v) is 11.5. The number of carbonyl (C=O) groups is 2. The van der Waals surface area contributed by atoms with E-state index >= 15 is 0 Å². The Kier molecular flexibility index (Phi) is 10.2. The summed E-state index contributed by atoms with van der Waals surface area (Å²) in [5.41, 5.74) is 11.7. The van der Waals surface area contributed by atoms with E-state index in [1.54, 1.807) is 24.3 Å². The molecule has 2 amide bonds. The Morgan fingerprint density at radius 2 is 1.57 bits per heavy atom. The molecule has 0 bridgehead atoms. The van der Waals surface area contributed by atoms with Crippen molar-refractivity contribution in [1.82, 2.24) is 15.8 Å². The summed E-state index contributed by atoms with van der Waals surface area (Å²) in [4.78, 5) is 28.8. The molecule has 1 aromatic carbocycles. The highest BCUT2D eigenvalue weighted by Crippen LogP contribution is 2.42. The monoisotopic (exact) mass is 550 g/mol. The van der Waals surface area contributed by atoms with Crippen molar-refractivity contribution in [2.24, 2.45) is 0 Å². The number of rotatable bonds is 11. The maximum Gasteiger partial charge on any atom is 0.290 e. The van der Waals surface area contributed by atoms with Crippen molar-refractivity contribution in [3.05, 3.63) is 47.8 Å². The molecule has 0 unspecified atom stereocenters. The van der Waals surface area contributed by atoms with Crippen molar-refractivity contribution in [2.75, 3.05) is 19.5 Å². The van der Waals surface area contributed by atoms with Gasteiger partial charge in [-0.25, -0.2) is 13.4 Å². The number of nitrogens with two attached hydrogens (primary N) is 1. The van der Waals surface area contributed by atoms with Gasteiger partial charge in [0.15, 0.2) is 15.5 Å². The van der Waals surface area contributed by atoms with Gasteiger partial charge >= 0.3 is 0 Å². The van der Waals surface area contributed by atoms with Crippen LogP contribution in [0.1, 0.15) is 57.6 Å². The molecule has 10 nitrogen and oxygen atoms in total. The Labute approximate surface area is 220 Å². The Bertz CT molecular complexity index is 1180. The van der Waals surface area contributed by atoms with E-state index in [0.29, 0.717) is 27.9 Å². The van der Waals surface area contributed by atoms with E-state index in [4.69, 9.17) is 14.9 Å². The molecular weight excluding hydrogens is 512 g/mol. The second kappa shape index (κ2) is 12.5. The van der Waals surface area contributed by atoms with Gasteiger partial charge in [-0.3, -0.25) is 20.4 Å². The van der Waals surface area contributed by atoms with Crippen LogP contribution in [0.3, 0.4) is 0 Å². The molecule has 2 aromatic rings. The predicted octanol–water partition coefficient (Wildman–Crippen LogP) is 3.60. The molecule has 2 rings (SSSR count). The van der Waals surface area contributed by atoms with Crippen molar-refractivity contribution in [3.8, 4) is 5.75 Å². The third kappa shape index (κ3) is 7.30. The van der Waals surface area contributed by atoms with Crippen LogP contribution in [0.4, 0.5) is 5.69 Å². The van der Waals surface area contributed by atoms with Crippen LogP contribution in [0, 0.1) is 0 Å². The molecule has 0 aliphatic heterocycles. The van der Waals surface area contributed by atoms with E-state index in [1.165, 1.54) is 13.2 Å². The van der Waals surface area contributed by atoms with E-state index in [9.17, 15) is 18.0 Å². The molecule has 37 heavy (non-hydrogen) atoms. The topological polar surface area (TPSA) is 150 Å². The van der Waals surface area contributed by atoms with Gasteiger partial charge in [0.1, 0.15) is 12.4 Å². The summed E-state index contributed by atoms with van der Waals surface area (Å²) in [5, 5.41) is 0. The quantitative estimate of drug-likeness (QED) is 0.284. The lowest BCUT2D eigenvalue weighted by Gasteiger charge is -2.41. The second-order valence-corrected chi connectivity index (χ2v) is 17.3. The van der Waals surface area contributed by atoms with Gasteiger partial charge in [0.25, 0.3) is 11.8 Å². The van der Waals surface area contributed by atoms with Crippen molar-refractivity contribution < 1.29 is 27.2 Å². The summed E-state index contributed by atoms with van der Waals surface area (Å²) in [6, 6.07) is 7.82. The molecule has 0 fully saturated rings. The highest BCUT2D eigenvalue weighted by atomic mass is 32.2. The minimum Gasteiger partial charge on any atom is -0.497 e. The molecule has 1 heterocycles. The number of nitrogens with one attached hydrogen (secondary N) is 2. The number of hydrogen-bond donors (Lipinski definition) is 3. The van der Waals surface area contributed by atoms with Crippen LogP contribution < -0.4 is 21.3 Å². The Balaban J connectivity index is 2.03. The summed E-state index contributed by atoms with van der Waals surface area (Å²) >= 11 is 0. The highest BCUT2D eigenvalue weighted by molar-refractivity contribution is 7.90. The zero-order valence-electron chi connectivity index (χ0n) is 22.5. The van der Waals surface area contributed by atoms with Crippen LogP contribution in [0.2, 0.25) is 16.6 Å². The van der Waals surface area contributed by atoms with Crippen LogP contribution in [0.5, 0.6) is 5.75 Å². The van der Waals surface area contributed by atoms with Gasteiger partial charge in [-0.05, 0) is 40.4 Å². The average molecular weight is 551 g/mol. The minimum atomic E-state index is -3.76. The normalized spacial score (nSPS) is 12.2. The molecular formula is C25H38N4O6SSi. The largest absolute Gasteiger partial charge is 0.497 e. The van der Waals surface area contributed by atoms with Gasteiger partial charge in [0, 0.05) is 6.20 Å². The summed E-state index contributed by atoms with van der Waals surface area (Å²) in [6.07, 6.45) is 1.07. The number of benzene rings is 1. The first-order valence-corrected chi connectivity index (χ1v) is 15.9. The van der Waals surface area contributed by atoms with Crippen molar-refractivity contribution in [2.45, 2.75) is 68.8 Å². The molecule has 12 heteroatoms. The maximum atomic E-state index is 12.8. The van der Waals surface area contributed by atoms with E-state index < -0.39 is 30.0 Å². The Morgan fingerprint density at radius 1 is 1.00 bits per heavy atom. The molecule has 0 spiro atoms. The second-order valence-electron chi connectivity index (χ2n) is 9.82. The molecule has 0 saturated carbocycles. The third-order valence-corrected chi connectivity index (χ3v) is 14.2. The smallest absolute Gasteiger partial charge is 0.290 e. The van der Waals surface area contributed by atoms with Gasteiger partial charge in [0.05, 0.1) is 23.4 Å². The van der Waals surface area contributed by atoms with Crippen LogP contribution in [0.15, 0.2) is 41.4 Å². The van der Waals surface area contributed by atoms with E-state index in [2.05, 4.69) is 57.4 Å². The number of ether oxygens (including phenoxy) is 1. The highest BCUT2D eigenvalue weighted by Gasteiger charge is 2.45. The number of amides is 2. The predicted molar refractivity (Wildman–Crippen MR) is 145 cm³/mol.